The van der Waals surface area contributed by atoms with Gasteiger partial charge in [-0.15, -0.1) is 0 Å². The Kier molecular flexibility index (Phi) is 13.7. The quantitative estimate of drug-likeness (QED) is 0.297. The third-order valence-electron chi connectivity index (χ3n) is 6.33. The molecule has 0 radical (unpaired) electrons. The number of amides is 1. The summed E-state index contributed by atoms with van der Waals surface area (Å²) in [7, 11) is -1.31. The molecule has 0 saturated heterocycles. The Morgan fingerprint density at radius 3 is 1.81 bits per heavy atom. The van der Waals surface area contributed by atoms with E-state index < -0.39 is 13.2 Å². The van der Waals surface area contributed by atoms with Crippen LogP contribution >= 0.6 is 7.26 Å². The Morgan fingerprint density at radius 1 is 0.871 bits per heavy atom. The van der Waals surface area contributed by atoms with Crippen LogP contribution in [0.15, 0.2) is 30.3 Å². The highest BCUT2D eigenvalue weighted by Crippen LogP contribution is 2.66. The normalized spacial score (nSPS) is 12.5. The topological polar surface area (TPSA) is 60.4 Å². The molecule has 0 aromatic heterocycles. The maximum absolute atomic E-state index is 13.2. The van der Waals surface area contributed by atoms with Crippen LogP contribution in [0.2, 0.25) is 0 Å². The van der Waals surface area contributed by atoms with Crippen molar-refractivity contribution in [3.63, 3.8) is 0 Å². The van der Waals surface area contributed by atoms with Crippen molar-refractivity contribution in [2.24, 2.45) is 0 Å². The van der Waals surface area contributed by atoms with E-state index in [9.17, 15) is 14.7 Å². The fourth-order valence-corrected chi connectivity index (χ4v) is 10.5. The molecule has 1 amide bonds. The van der Waals surface area contributed by atoms with Gasteiger partial charge in [0, 0.05) is 12.8 Å². The average Bonchev–Trinajstić information content (AvgIpc) is 2.78. The van der Waals surface area contributed by atoms with Gasteiger partial charge in [-0.2, -0.15) is 0 Å². The number of nitrogens with zero attached hydrogens (tertiary/aromatic N) is 1. The van der Waals surface area contributed by atoms with Crippen molar-refractivity contribution in [1.29, 1.82) is 0 Å². The zero-order valence-corrected chi connectivity index (χ0v) is 21.2. The van der Waals surface area contributed by atoms with Crippen LogP contribution in [0.1, 0.15) is 89.4 Å². The average molecular weight is 450 g/mol. The molecule has 0 heterocycles. The number of aliphatic carboxylic acids is 1. The molecule has 1 atom stereocenters. The number of unbranched alkanes of at least 4 members (excludes halogenated alkanes) is 3. The van der Waals surface area contributed by atoms with E-state index >= 15 is 0 Å². The first-order valence-electron chi connectivity index (χ1n) is 12.3. The van der Waals surface area contributed by atoms with Gasteiger partial charge in [-0.3, -0.25) is 4.79 Å². The molecule has 31 heavy (non-hydrogen) atoms. The third kappa shape index (κ3) is 9.31. The lowest BCUT2D eigenvalue weighted by Crippen LogP contribution is -2.46. The molecule has 0 aliphatic carbocycles. The molecule has 0 N–H and O–H groups in total. The Morgan fingerprint density at radius 2 is 1.39 bits per heavy atom. The number of carboxylic acid groups (broad SMARTS) is 1. The lowest BCUT2D eigenvalue weighted by Gasteiger charge is -2.38. The van der Waals surface area contributed by atoms with Gasteiger partial charge in [-0.1, -0.05) is 71.6 Å². The summed E-state index contributed by atoms with van der Waals surface area (Å²) in [5, 5.41) is 11.6. The Bertz CT molecular complexity index is 613. The molecule has 0 saturated carbocycles. The number of carbonyl (C=O) groups is 2. The first kappa shape index (κ1) is 27.6. The Hall–Kier alpha value is -1.41. The van der Waals surface area contributed by atoms with Gasteiger partial charge in [0.2, 0.25) is 0 Å². The third-order valence-corrected chi connectivity index (χ3v) is 11.9. The van der Waals surface area contributed by atoms with E-state index in [1.807, 2.05) is 18.2 Å². The number of carboxylic acids is 1. The van der Waals surface area contributed by atoms with Crippen molar-refractivity contribution in [1.82, 2.24) is 4.90 Å². The molecule has 5 heteroatoms. The maximum atomic E-state index is 13.2. The van der Waals surface area contributed by atoms with E-state index in [1.54, 1.807) is 17.0 Å². The molecule has 0 fully saturated rings. The van der Waals surface area contributed by atoms with Gasteiger partial charge in [-0.25, -0.2) is 0 Å². The highest BCUT2D eigenvalue weighted by Gasteiger charge is 2.44. The fraction of sp³-hybridized carbons (Fsp3) is 0.692. The van der Waals surface area contributed by atoms with Crippen LogP contribution in [0.4, 0.5) is 0 Å². The van der Waals surface area contributed by atoms with E-state index in [2.05, 4.69) is 27.7 Å². The largest absolute Gasteiger partial charge is 0.548 e. The Balaban J connectivity index is 3.28. The van der Waals surface area contributed by atoms with E-state index in [0.717, 1.165) is 12.8 Å². The number of hydrogen-bond acceptors (Lipinski definition) is 3. The molecule has 1 aromatic rings. The molecule has 0 spiro atoms. The molecule has 4 nitrogen and oxygen atoms in total. The van der Waals surface area contributed by atoms with Gasteiger partial charge in [0.1, 0.15) is 0 Å². The van der Waals surface area contributed by atoms with Crippen LogP contribution in [0.3, 0.4) is 0 Å². The highest BCUT2D eigenvalue weighted by atomic mass is 31.2. The minimum Gasteiger partial charge on any atom is -0.548 e. The van der Waals surface area contributed by atoms with E-state index in [0.29, 0.717) is 17.8 Å². The van der Waals surface area contributed by atoms with Gasteiger partial charge in [-0.05, 0) is 37.8 Å². The van der Waals surface area contributed by atoms with E-state index in [1.165, 1.54) is 57.0 Å². The second kappa shape index (κ2) is 15.4. The first-order valence-corrected chi connectivity index (χ1v) is 14.7. The van der Waals surface area contributed by atoms with Crippen molar-refractivity contribution >= 4 is 19.1 Å². The lowest BCUT2D eigenvalue weighted by molar-refractivity contribution is -0.305. The second-order valence-corrected chi connectivity index (χ2v) is 13.3. The van der Waals surface area contributed by atoms with Crippen molar-refractivity contribution in [3.8, 4) is 0 Å². The second-order valence-electron chi connectivity index (χ2n) is 8.82. The lowest BCUT2D eigenvalue weighted by atomic mass is 10.1. The predicted molar refractivity (Wildman–Crippen MR) is 132 cm³/mol. The molecule has 176 valence electrons. The standard InChI is InChI=1S/C26H44NO3P/c1-5-9-18-31(19-10-6-2,20-11-7-3)24(15-8-4)21-27(22-25(28)29)26(30)23-16-13-12-14-17-23/h12-14,16-17,24H,5-11,15,18-22H2,1-4H3. The Labute approximate surface area is 191 Å². The molecule has 1 aromatic carbocycles. The maximum Gasteiger partial charge on any atom is 0.254 e. The number of benzene rings is 1. The van der Waals surface area contributed by atoms with Gasteiger partial charge >= 0.3 is 0 Å². The van der Waals surface area contributed by atoms with Crippen molar-refractivity contribution < 1.29 is 14.7 Å². The monoisotopic (exact) mass is 449 g/mol. The molecule has 0 aliphatic heterocycles. The first-order chi connectivity index (χ1) is 14.9. The van der Waals surface area contributed by atoms with Gasteiger partial charge in [0.15, 0.2) is 0 Å². The van der Waals surface area contributed by atoms with Crippen LogP contribution in [-0.4, -0.2) is 54.0 Å². The van der Waals surface area contributed by atoms with Crippen LogP contribution in [0.5, 0.6) is 0 Å². The van der Waals surface area contributed by atoms with Crippen molar-refractivity contribution in [2.75, 3.05) is 31.6 Å². The van der Waals surface area contributed by atoms with E-state index in [-0.39, 0.29) is 12.5 Å². The summed E-state index contributed by atoms with van der Waals surface area (Å²) in [5.74, 6) is -1.37. The minimum atomic E-state index is -1.31. The molecule has 1 unspecified atom stereocenters. The summed E-state index contributed by atoms with van der Waals surface area (Å²) in [5.41, 5.74) is 0.966. The van der Waals surface area contributed by atoms with Crippen LogP contribution in [0.25, 0.3) is 0 Å². The fourth-order valence-electron chi connectivity index (χ4n) is 4.57. The van der Waals surface area contributed by atoms with Crippen molar-refractivity contribution in [2.45, 2.75) is 84.7 Å². The molecule has 1 rings (SSSR count). The summed E-state index contributed by atoms with van der Waals surface area (Å²) in [6.45, 7) is 9.19. The SMILES string of the molecule is CCCC[P+](CCCC)(CCCC)C(CCC)CN(CC(=O)[O-])C(=O)c1ccccc1. The number of hydrogen-bond donors (Lipinski definition) is 0. The molecule has 0 bridgehead atoms. The zero-order chi connectivity index (χ0) is 23.1. The van der Waals surface area contributed by atoms with E-state index in [4.69, 9.17) is 0 Å². The van der Waals surface area contributed by atoms with Gasteiger partial charge < -0.3 is 14.8 Å². The highest BCUT2D eigenvalue weighted by molar-refractivity contribution is 7.76. The summed E-state index contributed by atoms with van der Waals surface area (Å²) < 4.78 is 0. The molecular weight excluding hydrogens is 405 g/mol. The minimum absolute atomic E-state index is 0.189. The van der Waals surface area contributed by atoms with Gasteiger partial charge in [0.05, 0.1) is 43.2 Å². The summed E-state index contributed by atoms with van der Waals surface area (Å²) in [6.07, 6.45) is 13.2. The van der Waals surface area contributed by atoms with Gasteiger partial charge in [0.25, 0.3) is 5.91 Å². The molecular formula is C26H44NO3P. The zero-order valence-electron chi connectivity index (χ0n) is 20.3. The number of carbonyl (C=O) groups excluding carboxylic acids is 2. The van der Waals surface area contributed by atoms with Crippen LogP contribution in [-0.2, 0) is 4.79 Å². The smallest absolute Gasteiger partial charge is 0.254 e. The molecule has 0 aliphatic rings. The predicted octanol–water partition coefficient (Wildman–Crippen LogP) is 5.47. The summed E-state index contributed by atoms with van der Waals surface area (Å²) >= 11 is 0. The van der Waals surface area contributed by atoms with Crippen LogP contribution < -0.4 is 5.11 Å². The van der Waals surface area contributed by atoms with Crippen molar-refractivity contribution in [3.05, 3.63) is 35.9 Å². The summed E-state index contributed by atoms with van der Waals surface area (Å²) in [4.78, 5) is 26.4. The summed E-state index contributed by atoms with van der Waals surface area (Å²) in [6, 6.07) is 9.07. The van der Waals surface area contributed by atoms with Crippen LogP contribution in [0, 0.1) is 0 Å². The number of rotatable bonds is 17.